The molecule has 6 nitrogen and oxygen atoms in total. The zero-order valence-electron chi connectivity index (χ0n) is 17.5. The summed E-state index contributed by atoms with van der Waals surface area (Å²) in [5, 5.41) is 7.38. The van der Waals surface area contributed by atoms with Gasteiger partial charge in [-0.3, -0.25) is 9.59 Å². The number of piperidine rings is 2. The van der Waals surface area contributed by atoms with E-state index in [9.17, 15) is 9.59 Å². The van der Waals surface area contributed by atoms with Gasteiger partial charge in [0.25, 0.3) is 5.91 Å². The van der Waals surface area contributed by atoms with E-state index in [0.29, 0.717) is 22.9 Å². The number of fused-ring (bicyclic) bond motifs is 2. The number of aryl methyl sites for hydroxylation is 1. The molecule has 6 heteroatoms. The molecule has 1 saturated carbocycles. The summed E-state index contributed by atoms with van der Waals surface area (Å²) in [7, 11) is 0. The zero-order valence-corrected chi connectivity index (χ0v) is 17.5. The maximum atomic E-state index is 13.2. The first-order chi connectivity index (χ1) is 14.6. The molecule has 3 heterocycles. The van der Waals surface area contributed by atoms with E-state index >= 15 is 0 Å². The van der Waals surface area contributed by atoms with Crippen LogP contribution in [0.15, 0.2) is 34.9 Å². The Hall–Kier alpha value is -2.63. The molecule has 2 aromatic rings. The molecule has 2 saturated heterocycles. The highest BCUT2D eigenvalue weighted by Crippen LogP contribution is 2.38. The monoisotopic (exact) mass is 407 g/mol. The highest BCUT2D eigenvalue weighted by Gasteiger charge is 2.44. The van der Waals surface area contributed by atoms with Crippen molar-refractivity contribution in [1.82, 2.24) is 15.4 Å². The van der Waals surface area contributed by atoms with Crippen molar-refractivity contribution in [2.75, 3.05) is 0 Å². The highest BCUT2D eigenvalue weighted by atomic mass is 16.5. The quantitative estimate of drug-likeness (QED) is 0.828. The molecule has 30 heavy (non-hydrogen) atoms. The van der Waals surface area contributed by atoms with Crippen LogP contribution in [0.5, 0.6) is 0 Å². The number of nitrogens with zero attached hydrogens (tertiary/aromatic N) is 2. The van der Waals surface area contributed by atoms with Gasteiger partial charge in [-0.05, 0) is 51.9 Å². The molecule has 2 aliphatic heterocycles. The highest BCUT2D eigenvalue weighted by molar-refractivity contribution is 6.01. The Kier molecular flexibility index (Phi) is 5.09. The van der Waals surface area contributed by atoms with Crippen LogP contribution in [0.2, 0.25) is 0 Å². The summed E-state index contributed by atoms with van der Waals surface area (Å²) in [5.41, 5.74) is 1.97. The lowest BCUT2D eigenvalue weighted by atomic mass is 9.78. The Labute approximate surface area is 177 Å². The van der Waals surface area contributed by atoms with Crippen LogP contribution in [0, 0.1) is 12.8 Å². The van der Waals surface area contributed by atoms with Crippen molar-refractivity contribution in [3.05, 3.63) is 41.7 Å². The first-order valence-corrected chi connectivity index (χ1v) is 11.3. The van der Waals surface area contributed by atoms with Gasteiger partial charge >= 0.3 is 0 Å². The Bertz CT molecular complexity index is 920. The standard InChI is InChI=1S/C24H29N3O3/c1-15-21(22(26-30-15)16-7-3-2-4-8-16)23(28)25-18-13-19-11-6-12-20(14-18)27(19)24(29)17-9-5-10-17/h2-4,7-8,17-20H,5-6,9-14H2,1H3,(H,25,28)/t18?,19-,20+. The number of carbonyl (C=O) groups is 2. The summed E-state index contributed by atoms with van der Waals surface area (Å²) in [5.74, 6) is 1.01. The molecule has 3 atom stereocenters. The van der Waals surface area contributed by atoms with Crippen LogP contribution in [0.3, 0.4) is 0 Å². The molecule has 1 aliphatic carbocycles. The van der Waals surface area contributed by atoms with E-state index in [4.69, 9.17) is 4.52 Å². The fraction of sp³-hybridized carbons (Fsp3) is 0.542. The van der Waals surface area contributed by atoms with Crippen molar-refractivity contribution in [3.8, 4) is 11.3 Å². The van der Waals surface area contributed by atoms with Gasteiger partial charge in [0.1, 0.15) is 17.0 Å². The summed E-state index contributed by atoms with van der Waals surface area (Å²) in [6.45, 7) is 1.78. The second kappa shape index (κ2) is 7.89. The van der Waals surface area contributed by atoms with Gasteiger partial charge < -0.3 is 14.7 Å². The number of hydrogen-bond acceptors (Lipinski definition) is 4. The van der Waals surface area contributed by atoms with E-state index in [2.05, 4.69) is 15.4 Å². The summed E-state index contributed by atoms with van der Waals surface area (Å²) < 4.78 is 5.36. The minimum atomic E-state index is -0.130. The predicted octanol–water partition coefficient (Wildman–Crippen LogP) is 4.09. The molecule has 1 aromatic heterocycles. The largest absolute Gasteiger partial charge is 0.360 e. The Morgan fingerprint density at radius 1 is 1.03 bits per heavy atom. The Balaban J connectivity index is 1.31. The van der Waals surface area contributed by atoms with Crippen LogP contribution in [-0.2, 0) is 4.79 Å². The van der Waals surface area contributed by atoms with Gasteiger partial charge in [-0.25, -0.2) is 0 Å². The average molecular weight is 408 g/mol. The van der Waals surface area contributed by atoms with E-state index in [0.717, 1.165) is 44.1 Å². The van der Waals surface area contributed by atoms with Gasteiger partial charge in [0.2, 0.25) is 5.91 Å². The molecule has 2 bridgehead atoms. The molecule has 1 aromatic carbocycles. The molecular formula is C24H29N3O3. The smallest absolute Gasteiger partial charge is 0.257 e. The lowest BCUT2D eigenvalue weighted by Gasteiger charge is -2.50. The predicted molar refractivity (Wildman–Crippen MR) is 113 cm³/mol. The molecule has 5 rings (SSSR count). The van der Waals surface area contributed by atoms with Crippen LogP contribution in [0.25, 0.3) is 11.3 Å². The summed E-state index contributed by atoms with van der Waals surface area (Å²) in [6.07, 6.45) is 8.21. The Morgan fingerprint density at radius 3 is 2.33 bits per heavy atom. The van der Waals surface area contributed by atoms with Crippen LogP contribution >= 0.6 is 0 Å². The van der Waals surface area contributed by atoms with Crippen LogP contribution in [-0.4, -0.2) is 40.0 Å². The van der Waals surface area contributed by atoms with Gasteiger partial charge in [0.15, 0.2) is 0 Å². The summed E-state index contributed by atoms with van der Waals surface area (Å²) in [4.78, 5) is 28.4. The Morgan fingerprint density at radius 2 is 1.70 bits per heavy atom. The summed E-state index contributed by atoms with van der Waals surface area (Å²) >= 11 is 0. The molecule has 3 aliphatic rings. The summed E-state index contributed by atoms with van der Waals surface area (Å²) in [6, 6.07) is 10.3. The lowest BCUT2D eigenvalue weighted by molar-refractivity contribution is -0.148. The van der Waals surface area contributed by atoms with Crippen molar-refractivity contribution < 1.29 is 14.1 Å². The third-order valence-electron chi connectivity index (χ3n) is 7.16. The third kappa shape index (κ3) is 3.42. The van der Waals surface area contributed by atoms with Crippen LogP contribution in [0.1, 0.15) is 67.5 Å². The van der Waals surface area contributed by atoms with Crippen molar-refractivity contribution in [2.45, 2.75) is 76.4 Å². The number of hydrogen-bond donors (Lipinski definition) is 1. The molecule has 0 radical (unpaired) electrons. The number of rotatable bonds is 4. The molecule has 1 N–H and O–H groups in total. The molecule has 0 spiro atoms. The number of benzene rings is 1. The minimum Gasteiger partial charge on any atom is -0.360 e. The van der Waals surface area contributed by atoms with E-state index in [1.54, 1.807) is 6.92 Å². The average Bonchev–Trinajstić information content (AvgIpc) is 3.08. The first-order valence-electron chi connectivity index (χ1n) is 11.3. The van der Waals surface area contributed by atoms with Crippen molar-refractivity contribution in [2.24, 2.45) is 5.92 Å². The second-order valence-corrected chi connectivity index (χ2v) is 9.08. The van der Waals surface area contributed by atoms with E-state index in [-0.39, 0.29) is 30.0 Å². The van der Waals surface area contributed by atoms with E-state index < -0.39 is 0 Å². The fourth-order valence-electron chi connectivity index (χ4n) is 5.42. The molecule has 3 fully saturated rings. The van der Waals surface area contributed by atoms with Gasteiger partial charge in [-0.2, -0.15) is 0 Å². The van der Waals surface area contributed by atoms with Gasteiger partial charge in [0, 0.05) is 29.6 Å². The van der Waals surface area contributed by atoms with Crippen LogP contribution < -0.4 is 5.32 Å². The number of nitrogens with one attached hydrogen (secondary N) is 1. The van der Waals surface area contributed by atoms with Crippen LogP contribution in [0.4, 0.5) is 0 Å². The van der Waals surface area contributed by atoms with Crippen molar-refractivity contribution >= 4 is 11.8 Å². The zero-order chi connectivity index (χ0) is 20.7. The normalized spacial score (nSPS) is 26.2. The van der Waals surface area contributed by atoms with Gasteiger partial charge in [-0.1, -0.05) is 41.9 Å². The molecule has 2 amide bonds. The number of amides is 2. The molecule has 1 unspecified atom stereocenters. The topological polar surface area (TPSA) is 75.4 Å². The molecule has 158 valence electrons. The van der Waals surface area contributed by atoms with Crippen molar-refractivity contribution in [1.29, 1.82) is 0 Å². The van der Waals surface area contributed by atoms with E-state index in [1.165, 1.54) is 12.8 Å². The van der Waals surface area contributed by atoms with Gasteiger partial charge in [0.05, 0.1) is 0 Å². The number of carbonyl (C=O) groups excluding carboxylic acids is 2. The van der Waals surface area contributed by atoms with Gasteiger partial charge in [-0.15, -0.1) is 0 Å². The molecular weight excluding hydrogens is 378 g/mol. The fourth-order valence-corrected chi connectivity index (χ4v) is 5.42. The van der Waals surface area contributed by atoms with E-state index in [1.807, 2.05) is 30.3 Å². The number of aromatic nitrogens is 1. The van der Waals surface area contributed by atoms with Crippen molar-refractivity contribution in [3.63, 3.8) is 0 Å². The first kappa shape index (κ1) is 19.3. The second-order valence-electron chi connectivity index (χ2n) is 9.08. The minimum absolute atomic E-state index is 0.0798. The third-order valence-corrected chi connectivity index (χ3v) is 7.16. The SMILES string of the molecule is Cc1onc(-c2ccccc2)c1C(=O)NC1C[C@H]2CCC[C@@H](C1)N2C(=O)C1CCC1. The lowest BCUT2D eigenvalue weighted by Crippen LogP contribution is -2.60. The maximum Gasteiger partial charge on any atom is 0.257 e. The maximum absolute atomic E-state index is 13.2.